The van der Waals surface area contributed by atoms with Gasteiger partial charge in [-0.2, -0.15) is 24.4 Å². The van der Waals surface area contributed by atoms with Crippen molar-refractivity contribution in [1.82, 2.24) is 0 Å². The molecule has 0 nitrogen and oxygen atoms in total. The number of hydrogen-bond donors (Lipinski definition) is 1. The molecule has 1 fully saturated rings. The molecule has 0 amide bonds. The van der Waals surface area contributed by atoms with E-state index in [-0.39, 0.29) is 0 Å². The molecule has 0 aromatic heterocycles. The van der Waals surface area contributed by atoms with Crippen LogP contribution in [0.15, 0.2) is 0 Å². The van der Waals surface area contributed by atoms with Crippen molar-refractivity contribution in [3.63, 3.8) is 0 Å². The summed E-state index contributed by atoms with van der Waals surface area (Å²) in [5, 5.41) is 0. The highest BCUT2D eigenvalue weighted by Gasteiger charge is 2.31. The van der Waals surface area contributed by atoms with Crippen molar-refractivity contribution in [3.05, 3.63) is 0 Å². The summed E-state index contributed by atoms with van der Waals surface area (Å²) in [6, 6.07) is 0. The van der Waals surface area contributed by atoms with Gasteiger partial charge in [0.15, 0.2) is 0 Å². The molecule has 0 bridgehead atoms. The van der Waals surface area contributed by atoms with E-state index in [0.717, 1.165) is 5.75 Å². The number of thiol groups is 1. The van der Waals surface area contributed by atoms with Crippen LogP contribution in [0.5, 0.6) is 0 Å². The van der Waals surface area contributed by atoms with E-state index in [1.807, 2.05) is 11.8 Å². The van der Waals surface area contributed by atoms with Crippen molar-refractivity contribution in [2.75, 3.05) is 17.8 Å². The molecule has 0 aromatic rings. The van der Waals surface area contributed by atoms with Crippen LogP contribution in [0.2, 0.25) is 0 Å². The van der Waals surface area contributed by atoms with Crippen molar-refractivity contribution in [3.8, 4) is 0 Å². The molecule has 10 heavy (non-hydrogen) atoms. The smallest absolute Gasteiger partial charge is 0.000577 e. The highest BCUT2D eigenvalue weighted by molar-refractivity contribution is 7.98. The van der Waals surface area contributed by atoms with Gasteiger partial charge in [-0.15, -0.1) is 0 Å². The fraction of sp³-hybridized carbons (Fsp3) is 1.00. The quantitative estimate of drug-likeness (QED) is 0.645. The Morgan fingerprint density at radius 2 is 2.00 bits per heavy atom. The Kier molecular flexibility index (Phi) is 3.44. The Bertz CT molecular complexity index is 95.4. The Labute approximate surface area is 73.6 Å². The van der Waals surface area contributed by atoms with Gasteiger partial charge in [-0.25, -0.2) is 0 Å². The summed E-state index contributed by atoms with van der Waals surface area (Å²) in [5.41, 5.74) is 0.614. The molecule has 0 aromatic carbocycles. The molecule has 1 aliphatic carbocycles. The van der Waals surface area contributed by atoms with Gasteiger partial charge in [0.2, 0.25) is 0 Å². The first-order valence-corrected chi connectivity index (χ1v) is 5.95. The van der Waals surface area contributed by atoms with E-state index in [4.69, 9.17) is 0 Å². The summed E-state index contributed by atoms with van der Waals surface area (Å²) in [6.07, 6.45) is 7.89. The first-order chi connectivity index (χ1) is 4.83. The maximum absolute atomic E-state index is 4.42. The summed E-state index contributed by atoms with van der Waals surface area (Å²) < 4.78 is 0. The van der Waals surface area contributed by atoms with E-state index in [1.165, 1.54) is 31.4 Å². The molecule has 2 heteroatoms. The summed E-state index contributed by atoms with van der Waals surface area (Å²) in [6.45, 7) is 0. The van der Waals surface area contributed by atoms with Crippen LogP contribution in [0, 0.1) is 5.41 Å². The third-order valence-electron chi connectivity index (χ3n) is 2.45. The Morgan fingerprint density at radius 3 is 2.40 bits per heavy atom. The molecule has 0 atom stereocenters. The van der Waals surface area contributed by atoms with Crippen LogP contribution in [-0.2, 0) is 0 Å². The molecular weight excluding hydrogens is 160 g/mol. The van der Waals surface area contributed by atoms with Crippen molar-refractivity contribution >= 4 is 24.4 Å². The first-order valence-electron chi connectivity index (χ1n) is 3.93. The standard InChI is InChI=1S/C8H16S2/c1-10-7-8(6-9)4-2-3-5-8/h9H,2-7H2,1H3. The van der Waals surface area contributed by atoms with Gasteiger partial charge in [0.1, 0.15) is 0 Å². The van der Waals surface area contributed by atoms with Crippen LogP contribution in [0.1, 0.15) is 25.7 Å². The normalized spacial score (nSPS) is 23.4. The van der Waals surface area contributed by atoms with E-state index in [1.54, 1.807) is 0 Å². The Morgan fingerprint density at radius 1 is 1.40 bits per heavy atom. The van der Waals surface area contributed by atoms with Crippen LogP contribution in [0.4, 0.5) is 0 Å². The molecule has 0 aliphatic heterocycles. The number of hydrogen-bond acceptors (Lipinski definition) is 2. The lowest BCUT2D eigenvalue weighted by atomic mass is 9.91. The zero-order chi connectivity index (χ0) is 7.45. The molecule has 1 aliphatic rings. The highest BCUT2D eigenvalue weighted by Crippen LogP contribution is 2.40. The first kappa shape index (κ1) is 8.79. The monoisotopic (exact) mass is 176 g/mol. The minimum absolute atomic E-state index is 0.614. The van der Waals surface area contributed by atoms with E-state index < -0.39 is 0 Å². The lowest BCUT2D eigenvalue weighted by Crippen LogP contribution is -2.21. The van der Waals surface area contributed by atoms with Gasteiger partial charge in [0.25, 0.3) is 0 Å². The fourth-order valence-corrected chi connectivity index (χ4v) is 3.36. The topological polar surface area (TPSA) is 0 Å². The van der Waals surface area contributed by atoms with Gasteiger partial charge in [-0.3, -0.25) is 0 Å². The van der Waals surface area contributed by atoms with E-state index >= 15 is 0 Å². The molecule has 60 valence electrons. The Balaban J connectivity index is 2.41. The van der Waals surface area contributed by atoms with Crippen molar-refractivity contribution in [2.24, 2.45) is 5.41 Å². The maximum atomic E-state index is 4.42. The average Bonchev–Trinajstić information content (AvgIpc) is 2.39. The number of rotatable bonds is 3. The molecule has 0 N–H and O–H groups in total. The van der Waals surface area contributed by atoms with Crippen LogP contribution < -0.4 is 0 Å². The summed E-state index contributed by atoms with van der Waals surface area (Å²) >= 11 is 6.40. The second kappa shape index (κ2) is 3.91. The molecule has 0 radical (unpaired) electrons. The lowest BCUT2D eigenvalue weighted by Gasteiger charge is -2.25. The molecule has 0 heterocycles. The molecule has 0 unspecified atom stereocenters. The molecular formula is C8H16S2. The van der Waals surface area contributed by atoms with E-state index in [9.17, 15) is 0 Å². The zero-order valence-electron chi connectivity index (χ0n) is 6.60. The van der Waals surface area contributed by atoms with Crippen LogP contribution in [-0.4, -0.2) is 17.8 Å². The lowest BCUT2D eigenvalue weighted by molar-refractivity contribution is 0.404. The van der Waals surface area contributed by atoms with Crippen LogP contribution in [0.25, 0.3) is 0 Å². The minimum atomic E-state index is 0.614. The predicted molar refractivity (Wildman–Crippen MR) is 53.1 cm³/mol. The summed E-state index contributed by atoms with van der Waals surface area (Å²) in [7, 11) is 0. The van der Waals surface area contributed by atoms with E-state index in [2.05, 4.69) is 18.9 Å². The van der Waals surface area contributed by atoms with Crippen molar-refractivity contribution in [1.29, 1.82) is 0 Å². The molecule has 1 saturated carbocycles. The van der Waals surface area contributed by atoms with Crippen molar-refractivity contribution < 1.29 is 0 Å². The maximum Gasteiger partial charge on any atom is -0.000577 e. The zero-order valence-corrected chi connectivity index (χ0v) is 8.31. The fourth-order valence-electron chi connectivity index (χ4n) is 1.78. The average molecular weight is 176 g/mol. The second-order valence-corrected chi connectivity index (χ2v) is 4.48. The van der Waals surface area contributed by atoms with Gasteiger partial charge >= 0.3 is 0 Å². The number of thioether (sulfide) groups is 1. The highest BCUT2D eigenvalue weighted by atomic mass is 32.2. The molecule has 0 spiro atoms. The van der Waals surface area contributed by atoms with Gasteiger partial charge in [-0.05, 0) is 36.0 Å². The third-order valence-corrected chi connectivity index (χ3v) is 4.02. The molecule has 0 saturated heterocycles. The summed E-state index contributed by atoms with van der Waals surface area (Å²) in [4.78, 5) is 0. The largest absolute Gasteiger partial charge is 0.179 e. The minimum Gasteiger partial charge on any atom is -0.179 e. The van der Waals surface area contributed by atoms with Crippen molar-refractivity contribution in [2.45, 2.75) is 25.7 Å². The van der Waals surface area contributed by atoms with Crippen LogP contribution in [0.3, 0.4) is 0 Å². The predicted octanol–water partition coefficient (Wildman–Crippen LogP) is 2.84. The van der Waals surface area contributed by atoms with Gasteiger partial charge < -0.3 is 0 Å². The van der Waals surface area contributed by atoms with E-state index in [0.29, 0.717) is 5.41 Å². The second-order valence-electron chi connectivity index (χ2n) is 3.30. The molecule has 1 rings (SSSR count). The van der Waals surface area contributed by atoms with Crippen LogP contribution >= 0.6 is 24.4 Å². The SMILES string of the molecule is CSCC1(CS)CCCC1. The van der Waals surface area contributed by atoms with Gasteiger partial charge in [-0.1, -0.05) is 12.8 Å². The summed E-state index contributed by atoms with van der Waals surface area (Å²) in [5.74, 6) is 2.41. The van der Waals surface area contributed by atoms with Gasteiger partial charge in [0.05, 0.1) is 0 Å². The third kappa shape index (κ3) is 1.85. The Hall–Kier alpha value is 0.700. The van der Waals surface area contributed by atoms with Gasteiger partial charge in [0, 0.05) is 0 Å².